The Morgan fingerprint density at radius 1 is 0.594 bits per heavy atom. The monoisotopic (exact) mass is 482 g/mol. The van der Waals surface area contributed by atoms with Crippen LogP contribution in [0.5, 0.6) is 11.5 Å². The van der Waals surface area contributed by atoms with E-state index in [9.17, 15) is 16.8 Å². The average Bonchev–Trinajstić information content (AvgIpc) is 2.76. The second kappa shape index (κ2) is 9.01. The zero-order valence-electron chi connectivity index (χ0n) is 19.3. The van der Waals surface area contributed by atoms with Gasteiger partial charge in [0.1, 0.15) is 21.3 Å². The normalized spacial score (nSPS) is 16.2. The van der Waals surface area contributed by atoms with Crippen molar-refractivity contribution >= 4 is 20.0 Å². The first-order chi connectivity index (χ1) is 14.9. The van der Waals surface area contributed by atoms with Crippen LogP contribution in [0.15, 0.2) is 34.1 Å². The summed E-state index contributed by atoms with van der Waals surface area (Å²) < 4.78 is 66.4. The van der Waals surface area contributed by atoms with Crippen molar-refractivity contribution in [1.29, 1.82) is 0 Å². The third-order valence-corrected chi connectivity index (χ3v) is 9.83. The molecule has 1 saturated heterocycles. The van der Waals surface area contributed by atoms with Crippen LogP contribution < -0.4 is 9.47 Å². The number of sulfonamides is 2. The summed E-state index contributed by atoms with van der Waals surface area (Å²) >= 11 is 0. The number of hydrogen-bond acceptors (Lipinski definition) is 6. The van der Waals surface area contributed by atoms with Gasteiger partial charge in [-0.05, 0) is 74.2 Å². The molecule has 1 fully saturated rings. The van der Waals surface area contributed by atoms with E-state index >= 15 is 0 Å². The molecule has 0 aliphatic carbocycles. The SMILES string of the molecule is COc1cc(C)c(C)cc1S(=O)(=O)N1CCN(S(=O)(=O)c2cc(C)c(C)cc2OC)CC1. The number of aryl methyl sites for hydroxylation is 4. The number of rotatable bonds is 6. The molecule has 0 spiro atoms. The molecule has 2 aromatic rings. The van der Waals surface area contributed by atoms with E-state index in [1.165, 1.54) is 22.8 Å². The lowest BCUT2D eigenvalue weighted by molar-refractivity contribution is 0.271. The van der Waals surface area contributed by atoms with Crippen LogP contribution in [0.4, 0.5) is 0 Å². The summed E-state index contributed by atoms with van der Waals surface area (Å²) in [5.41, 5.74) is 3.54. The highest BCUT2D eigenvalue weighted by Gasteiger charge is 2.36. The van der Waals surface area contributed by atoms with Gasteiger partial charge in [-0.15, -0.1) is 0 Å². The summed E-state index contributed by atoms with van der Waals surface area (Å²) in [6, 6.07) is 6.61. The standard InChI is InChI=1S/C22H30N2O6S2/c1-15-11-19(29-5)21(13-17(15)3)31(25,26)23-7-9-24(10-8-23)32(27,28)22-14-18(4)16(2)12-20(22)30-6/h11-14H,7-10H2,1-6H3. The van der Waals surface area contributed by atoms with Crippen molar-refractivity contribution < 1.29 is 26.3 Å². The molecule has 32 heavy (non-hydrogen) atoms. The average molecular weight is 483 g/mol. The van der Waals surface area contributed by atoms with E-state index in [2.05, 4.69) is 0 Å². The maximum atomic E-state index is 13.3. The van der Waals surface area contributed by atoms with Gasteiger partial charge < -0.3 is 9.47 Å². The maximum absolute atomic E-state index is 13.3. The van der Waals surface area contributed by atoms with E-state index in [1.54, 1.807) is 24.3 Å². The van der Waals surface area contributed by atoms with Crippen LogP contribution in [0.3, 0.4) is 0 Å². The Bertz CT molecular complexity index is 1130. The Morgan fingerprint density at radius 3 is 1.16 bits per heavy atom. The van der Waals surface area contributed by atoms with Gasteiger partial charge in [0.15, 0.2) is 0 Å². The van der Waals surface area contributed by atoms with Crippen molar-refractivity contribution in [2.45, 2.75) is 37.5 Å². The van der Waals surface area contributed by atoms with E-state index in [1.807, 2.05) is 27.7 Å². The molecular formula is C22H30N2O6S2. The van der Waals surface area contributed by atoms with Gasteiger partial charge in [0.25, 0.3) is 0 Å². The zero-order chi connectivity index (χ0) is 23.8. The van der Waals surface area contributed by atoms with Crippen LogP contribution >= 0.6 is 0 Å². The second-order valence-electron chi connectivity index (χ2n) is 7.98. The molecule has 0 atom stereocenters. The second-order valence-corrected chi connectivity index (χ2v) is 11.8. The van der Waals surface area contributed by atoms with Crippen molar-refractivity contribution in [3.05, 3.63) is 46.5 Å². The van der Waals surface area contributed by atoms with E-state index < -0.39 is 20.0 Å². The number of methoxy groups -OCH3 is 2. The van der Waals surface area contributed by atoms with Crippen molar-refractivity contribution in [1.82, 2.24) is 8.61 Å². The highest BCUT2D eigenvalue weighted by Crippen LogP contribution is 2.33. The van der Waals surface area contributed by atoms with E-state index in [0.29, 0.717) is 0 Å². The van der Waals surface area contributed by atoms with Crippen LogP contribution in [0.25, 0.3) is 0 Å². The summed E-state index contributed by atoms with van der Waals surface area (Å²) in [4.78, 5) is 0.186. The molecule has 0 radical (unpaired) electrons. The van der Waals surface area contributed by atoms with E-state index in [4.69, 9.17) is 9.47 Å². The first kappa shape index (κ1) is 24.5. The molecule has 1 heterocycles. The van der Waals surface area contributed by atoms with Crippen LogP contribution in [-0.4, -0.2) is 65.8 Å². The number of hydrogen-bond donors (Lipinski definition) is 0. The largest absolute Gasteiger partial charge is 0.495 e. The number of benzene rings is 2. The lowest BCUT2D eigenvalue weighted by Crippen LogP contribution is -2.50. The maximum Gasteiger partial charge on any atom is 0.246 e. The molecule has 0 N–H and O–H groups in total. The molecule has 0 unspecified atom stereocenters. The molecule has 1 aliphatic rings. The van der Waals surface area contributed by atoms with Gasteiger partial charge in [-0.25, -0.2) is 16.8 Å². The molecule has 10 heteroatoms. The Morgan fingerprint density at radius 2 is 0.875 bits per heavy atom. The summed E-state index contributed by atoms with van der Waals surface area (Å²) in [7, 11) is -4.81. The molecule has 0 bridgehead atoms. The minimum absolute atomic E-state index is 0.0464. The minimum atomic E-state index is -3.84. The third kappa shape index (κ3) is 4.36. The zero-order valence-corrected chi connectivity index (χ0v) is 20.9. The molecule has 1 aliphatic heterocycles. The van der Waals surface area contributed by atoms with Gasteiger partial charge in [-0.1, -0.05) is 0 Å². The fourth-order valence-electron chi connectivity index (χ4n) is 3.68. The molecule has 176 valence electrons. The summed E-state index contributed by atoms with van der Waals surface area (Å²) in [5, 5.41) is 0. The Hall–Kier alpha value is -2.14. The molecule has 0 saturated carbocycles. The van der Waals surface area contributed by atoms with E-state index in [0.717, 1.165) is 22.3 Å². The van der Waals surface area contributed by atoms with Gasteiger partial charge >= 0.3 is 0 Å². The predicted molar refractivity (Wildman–Crippen MR) is 122 cm³/mol. The fraction of sp³-hybridized carbons (Fsp3) is 0.455. The van der Waals surface area contributed by atoms with Crippen molar-refractivity contribution in [3.63, 3.8) is 0 Å². The van der Waals surface area contributed by atoms with E-state index in [-0.39, 0.29) is 47.5 Å². The van der Waals surface area contributed by atoms with Gasteiger partial charge in [-0.2, -0.15) is 8.61 Å². The molecule has 2 aromatic carbocycles. The first-order valence-corrected chi connectivity index (χ1v) is 13.1. The van der Waals surface area contributed by atoms with Gasteiger partial charge in [0.05, 0.1) is 14.2 Å². The number of piperazine rings is 1. The quantitative estimate of drug-likeness (QED) is 0.628. The van der Waals surface area contributed by atoms with Gasteiger partial charge in [0, 0.05) is 26.2 Å². The Kier molecular flexibility index (Phi) is 6.90. The van der Waals surface area contributed by atoms with Crippen LogP contribution in [0.1, 0.15) is 22.3 Å². The molecule has 8 nitrogen and oxygen atoms in total. The Balaban J connectivity index is 1.87. The number of ether oxygens (including phenoxy) is 2. The highest BCUT2D eigenvalue weighted by atomic mass is 32.2. The molecule has 0 aromatic heterocycles. The fourth-order valence-corrected chi connectivity index (χ4v) is 6.97. The van der Waals surface area contributed by atoms with Crippen molar-refractivity contribution in [2.24, 2.45) is 0 Å². The summed E-state index contributed by atoms with van der Waals surface area (Å²) in [6.07, 6.45) is 0. The van der Waals surface area contributed by atoms with Crippen LogP contribution in [-0.2, 0) is 20.0 Å². The molecule has 3 rings (SSSR count). The Labute approximate surface area is 190 Å². The highest BCUT2D eigenvalue weighted by molar-refractivity contribution is 7.89. The minimum Gasteiger partial charge on any atom is -0.495 e. The van der Waals surface area contributed by atoms with Crippen molar-refractivity contribution in [3.8, 4) is 11.5 Å². The number of nitrogens with zero attached hydrogens (tertiary/aromatic N) is 2. The third-order valence-electron chi connectivity index (χ3n) is 5.99. The van der Waals surface area contributed by atoms with Gasteiger partial charge in [-0.3, -0.25) is 0 Å². The topological polar surface area (TPSA) is 93.2 Å². The molecule has 0 amide bonds. The van der Waals surface area contributed by atoms with Crippen LogP contribution in [0, 0.1) is 27.7 Å². The van der Waals surface area contributed by atoms with Gasteiger partial charge in [0.2, 0.25) is 20.0 Å². The summed E-state index contributed by atoms with van der Waals surface area (Å²) in [5.74, 6) is 0.561. The lowest BCUT2D eigenvalue weighted by atomic mass is 10.1. The summed E-state index contributed by atoms with van der Waals surface area (Å²) in [6.45, 7) is 7.65. The first-order valence-electron chi connectivity index (χ1n) is 10.2. The van der Waals surface area contributed by atoms with Crippen LogP contribution in [0.2, 0.25) is 0 Å². The van der Waals surface area contributed by atoms with Crippen molar-refractivity contribution in [2.75, 3.05) is 40.4 Å². The predicted octanol–water partition coefficient (Wildman–Crippen LogP) is 2.63. The lowest BCUT2D eigenvalue weighted by Gasteiger charge is -2.34. The smallest absolute Gasteiger partial charge is 0.246 e. The molecular weight excluding hydrogens is 452 g/mol.